The first-order valence-corrected chi connectivity index (χ1v) is 11.2. The Morgan fingerprint density at radius 2 is 1.74 bits per heavy atom. The van der Waals surface area contributed by atoms with E-state index >= 15 is 0 Å². The van der Waals surface area contributed by atoms with E-state index in [9.17, 15) is 4.79 Å². The highest BCUT2D eigenvalue weighted by molar-refractivity contribution is 14.0. The first kappa shape index (κ1) is 25.9. The summed E-state index contributed by atoms with van der Waals surface area (Å²) in [5.74, 6) is 1.08. The maximum atomic E-state index is 12.2. The third kappa shape index (κ3) is 7.91. The summed E-state index contributed by atoms with van der Waals surface area (Å²) in [6, 6.07) is 9.12. The quantitative estimate of drug-likeness (QED) is 0.327. The fraction of sp³-hybridized carbons (Fsp3) is 0.652. The first-order valence-electron chi connectivity index (χ1n) is 11.2. The molecule has 0 bridgehead atoms. The Kier molecular flexibility index (Phi) is 10.5. The van der Waals surface area contributed by atoms with Crippen molar-refractivity contribution >= 4 is 35.8 Å². The van der Waals surface area contributed by atoms with E-state index in [1.807, 2.05) is 18.7 Å². The number of likely N-dealkylation sites (tertiary alicyclic amines) is 1. The highest BCUT2D eigenvalue weighted by Crippen LogP contribution is 2.13. The van der Waals surface area contributed by atoms with Crippen LogP contribution in [0.15, 0.2) is 29.3 Å². The molecule has 2 aliphatic rings. The van der Waals surface area contributed by atoms with Crippen molar-refractivity contribution in [3.8, 4) is 0 Å². The lowest BCUT2D eigenvalue weighted by Crippen LogP contribution is -2.45. The van der Waals surface area contributed by atoms with Crippen molar-refractivity contribution in [1.29, 1.82) is 0 Å². The molecule has 0 radical (unpaired) electrons. The molecule has 1 aromatic carbocycles. The van der Waals surface area contributed by atoms with Crippen molar-refractivity contribution in [2.45, 2.75) is 39.4 Å². The Morgan fingerprint density at radius 3 is 2.35 bits per heavy atom. The summed E-state index contributed by atoms with van der Waals surface area (Å²) in [6.45, 7) is 11.8. The molecule has 0 spiro atoms. The molecular formula is C23H39IN6O. The number of likely N-dealkylation sites (N-methyl/N-ethyl adjacent to an activating group) is 1. The van der Waals surface area contributed by atoms with E-state index in [4.69, 9.17) is 0 Å². The van der Waals surface area contributed by atoms with Crippen molar-refractivity contribution < 1.29 is 4.79 Å². The molecule has 2 heterocycles. The Labute approximate surface area is 204 Å². The number of piperazine rings is 1. The number of benzene rings is 1. The molecule has 8 heteroatoms. The molecule has 1 amide bonds. The molecule has 0 saturated carbocycles. The van der Waals surface area contributed by atoms with Gasteiger partial charge in [0.25, 0.3) is 0 Å². The van der Waals surface area contributed by atoms with Gasteiger partial charge < -0.3 is 20.4 Å². The second-order valence-electron chi connectivity index (χ2n) is 8.89. The Bertz CT molecular complexity index is 715. The minimum absolute atomic E-state index is 0. The van der Waals surface area contributed by atoms with Crippen LogP contribution < -0.4 is 10.6 Å². The molecule has 1 atom stereocenters. The number of nitrogens with one attached hydrogen (secondary N) is 2. The highest BCUT2D eigenvalue weighted by Gasteiger charge is 2.27. The molecule has 31 heavy (non-hydrogen) atoms. The molecule has 2 N–H and O–H groups in total. The minimum atomic E-state index is 0. The maximum Gasteiger partial charge on any atom is 0.225 e. The predicted molar refractivity (Wildman–Crippen MR) is 138 cm³/mol. The number of aliphatic imine (C=N–C) groups is 1. The van der Waals surface area contributed by atoms with Gasteiger partial charge in [0.05, 0.1) is 0 Å². The lowest BCUT2D eigenvalue weighted by atomic mass is 10.1. The van der Waals surface area contributed by atoms with Gasteiger partial charge in [-0.15, -0.1) is 24.0 Å². The fourth-order valence-electron chi connectivity index (χ4n) is 4.04. The standard InChI is InChI=1S/C23H38N6O.HI/c1-18(2)22(30)29-10-9-21(17-29)26-23(24-3)25-15-19-5-7-20(8-6-19)16-28-13-11-27(4)12-14-28;/h5-8,18,21H,9-17H2,1-4H3,(H2,24,25,26);1H. The summed E-state index contributed by atoms with van der Waals surface area (Å²) in [5.41, 5.74) is 2.61. The van der Waals surface area contributed by atoms with Crippen LogP contribution in [-0.4, -0.2) is 86.0 Å². The summed E-state index contributed by atoms with van der Waals surface area (Å²) in [4.78, 5) is 23.4. The van der Waals surface area contributed by atoms with E-state index in [1.165, 1.54) is 11.1 Å². The van der Waals surface area contributed by atoms with E-state index in [-0.39, 0.29) is 41.8 Å². The van der Waals surface area contributed by atoms with Crippen LogP contribution in [0.4, 0.5) is 0 Å². The van der Waals surface area contributed by atoms with Gasteiger partial charge in [0.15, 0.2) is 5.96 Å². The number of carbonyl (C=O) groups excluding carboxylic acids is 1. The number of hydrogen-bond acceptors (Lipinski definition) is 4. The summed E-state index contributed by atoms with van der Waals surface area (Å²) >= 11 is 0. The van der Waals surface area contributed by atoms with Crippen LogP contribution in [0.5, 0.6) is 0 Å². The number of rotatable bonds is 6. The SMILES string of the molecule is CN=C(NCc1ccc(CN2CCN(C)CC2)cc1)NC1CCN(C(=O)C(C)C)C1.I. The van der Waals surface area contributed by atoms with E-state index in [0.717, 1.165) is 64.7 Å². The molecule has 1 aromatic rings. The number of carbonyl (C=O) groups is 1. The number of amides is 1. The van der Waals surface area contributed by atoms with Crippen LogP contribution in [0, 0.1) is 5.92 Å². The smallest absolute Gasteiger partial charge is 0.225 e. The van der Waals surface area contributed by atoms with Gasteiger partial charge in [-0.25, -0.2) is 0 Å². The predicted octanol–water partition coefficient (Wildman–Crippen LogP) is 1.97. The van der Waals surface area contributed by atoms with Crippen molar-refractivity contribution in [2.24, 2.45) is 10.9 Å². The zero-order valence-electron chi connectivity index (χ0n) is 19.4. The first-order chi connectivity index (χ1) is 14.4. The van der Waals surface area contributed by atoms with Gasteiger partial charge in [0, 0.05) is 71.4 Å². The lowest BCUT2D eigenvalue weighted by Gasteiger charge is -2.32. The molecule has 2 aliphatic heterocycles. The Morgan fingerprint density at radius 1 is 1.10 bits per heavy atom. The molecule has 3 rings (SSSR count). The summed E-state index contributed by atoms with van der Waals surface area (Å²) in [7, 11) is 3.98. The summed E-state index contributed by atoms with van der Waals surface area (Å²) in [6.07, 6.45) is 0.958. The largest absolute Gasteiger partial charge is 0.352 e. The topological polar surface area (TPSA) is 63.2 Å². The lowest BCUT2D eigenvalue weighted by molar-refractivity contribution is -0.133. The van der Waals surface area contributed by atoms with Crippen LogP contribution >= 0.6 is 24.0 Å². The molecule has 1 unspecified atom stereocenters. The van der Waals surface area contributed by atoms with Crippen LogP contribution in [0.1, 0.15) is 31.4 Å². The average Bonchev–Trinajstić information content (AvgIpc) is 3.21. The fourth-order valence-corrected chi connectivity index (χ4v) is 4.04. The highest BCUT2D eigenvalue weighted by atomic mass is 127. The average molecular weight is 543 g/mol. The van der Waals surface area contributed by atoms with E-state index in [0.29, 0.717) is 0 Å². The van der Waals surface area contributed by atoms with E-state index < -0.39 is 0 Å². The number of nitrogens with zero attached hydrogens (tertiary/aromatic N) is 4. The molecule has 0 aliphatic carbocycles. The molecule has 2 saturated heterocycles. The number of guanidine groups is 1. The molecular weight excluding hydrogens is 503 g/mol. The second kappa shape index (κ2) is 12.6. The second-order valence-corrected chi connectivity index (χ2v) is 8.89. The summed E-state index contributed by atoms with van der Waals surface area (Å²) in [5, 5.41) is 6.87. The number of hydrogen-bond donors (Lipinski definition) is 2. The van der Waals surface area contributed by atoms with Crippen molar-refractivity contribution in [2.75, 3.05) is 53.4 Å². The number of halogens is 1. The Balaban J connectivity index is 0.00000341. The van der Waals surface area contributed by atoms with Crippen molar-refractivity contribution in [1.82, 2.24) is 25.3 Å². The molecule has 0 aromatic heterocycles. The zero-order valence-corrected chi connectivity index (χ0v) is 21.8. The van der Waals surface area contributed by atoms with E-state index in [1.54, 1.807) is 7.05 Å². The third-order valence-electron chi connectivity index (χ3n) is 6.04. The molecule has 2 fully saturated rings. The van der Waals surface area contributed by atoms with Crippen LogP contribution in [-0.2, 0) is 17.9 Å². The van der Waals surface area contributed by atoms with Gasteiger partial charge in [0.2, 0.25) is 5.91 Å². The monoisotopic (exact) mass is 542 g/mol. The van der Waals surface area contributed by atoms with Gasteiger partial charge in [0.1, 0.15) is 0 Å². The third-order valence-corrected chi connectivity index (χ3v) is 6.04. The van der Waals surface area contributed by atoms with Crippen LogP contribution in [0.3, 0.4) is 0 Å². The van der Waals surface area contributed by atoms with Gasteiger partial charge in [-0.3, -0.25) is 14.7 Å². The van der Waals surface area contributed by atoms with Gasteiger partial charge >= 0.3 is 0 Å². The molecule has 174 valence electrons. The van der Waals surface area contributed by atoms with Crippen LogP contribution in [0.25, 0.3) is 0 Å². The summed E-state index contributed by atoms with van der Waals surface area (Å²) < 4.78 is 0. The molecule has 7 nitrogen and oxygen atoms in total. The van der Waals surface area contributed by atoms with Gasteiger partial charge in [-0.05, 0) is 24.6 Å². The van der Waals surface area contributed by atoms with Crippen molar-refractivity contribution in [3.63, 3.8) is 0 Å². The minimum Gasteiger partial charge on any atom is -0.352 e. The maximum absolute atomic E-state index is 12.2. The Hall–Kier alpha value is -1.39. The van der Waals surface area contributed by atoms with E-state index in [2.05, 4.69) is 56.7 Å². The zero-order chi connectivity index (χ0) is 21.5. The normalized spacial score (nSPS) is 20.6. The van der Waals surface area contributed by atoms with Crippen LogP contribution in [0.2, 0.25) is 0 Å². The van der Waals surface area contributed by atoms with Crippen molar-refractivity contribution in [3.05, 3.63) is 35.4 Å². The van der Waals surface area contributed by atoms with Gasteiger partial charge in [-0.2, -0.15) is 0 Å². The van der Waals surface area contributed by atoms with Gasteiger partial charge in [-0.1, -0.05) is 38.1 Å².